The van der Waals surface area contributed by atoms with Crippen LogP contribution in [-0.2, 0) is 0 Å². The Hall–Kier alpha value is -1.77. The summed E-state index contributed by atoms with van der Waals surface area (Å²) in [7, 11) is 3.98. The van der Waals surface area contributed by atoms with Gasteiger partial charge in [0.05, 0.1) is 18.1 Å². The van der Waals surface area contributed by atoms with Gasteiger partial charge in [-0.1, -0.05) is 0 Å². The van der Waals surface area contributed by atoms with E-state index in [-0.39, 0.29) is 0 Å². The Balaban J connectivity index is 2.31. The second kappa shape index (κ2) is 3.54. The molecule has 0 fully saturated rings. The number of anilines is 1. The standard InChI is InChI=1S/C11H12N2O/c1-13(2)9-5-6-10(12-8-9)11-4-3-7-14-11/h3-8H,1-2H3. The first kappa shape index (κ1) is 8.81. The maximum absolute atomic E-state index is 5.24. The van der Waals surface area contributed by atoms with E-state index in [1.54, 1.807) is 6.26 Å². The molecule has 0 atom stereocenters. The highest BCUT2D eigenvalue weighted by Crippen LogP contribution is 2.19. The summed E-state index contributed by atoms with van der Waals surface area (Å²) < 4.78 is 5.24. The number of rotatable bonds is 2. The van der Waals surface area contributed by atoms with E-state index in [9.17, 15) is 0 Å². The quantitative estimate of drug-likeness (QED) is 0.724. The minimum Gasteiger partial charge on any atom is -0.463 e. The van der Waals surface area contributed by atoms with Gasteiger partial charge in [-0.3, -0.25) is 4.98 Å². The van der Waals surface area contributed by atoms with Crippen LogP contribution in [0.15, 0.2) is 41.1 Å². The monoisotopic (exact) mass is 188 g/mol. The van der Waals surface area contributed by atoms with E-state index in [1.165, 1.54) is 0 Å². The van der Waals surface area contributed by atoms with Crippen molar-refractivity contribution in [3.05, 3.63) is 36.7 Å². The third-order valence-corrected chi connectivity index (χ3v) is 2.04. The molecule has 0 aromatic carbocycles. The Morgan fingerprint density at radius 3 is 2.57 bits per heavy atom. The molecule has 0 bridgehead atoms. The van der Waals surface area contributed by atoms with Crippen LogP contribution in [0, 0.1) is 0 Å². The van der Waals surface area contributed by atoms with Gasteiger partial charge in [0.2, 0.25) is 0 Å². The second-order valence-electron chi connectivity index (χ2n) is 3.27. The van der Waals surface area contributed by atoms with Crippen molar-refractivity contribution >= 4 is 5.69 Å². The maximum atomic E-state index is 5.24. The van der Waals surface area contributed by atoms with Crippen LogP contribution in [-0.4, -0.2) is 19.1 Å². The lowest BCUT2D eigenvalue weighted by molar-refractivity contribution is 0.580. The Labute approximate surface area is 83.0 Å². The van der Waals surface area contributed by atoms with Gasteiger partial charge in [-0.25, -0.2) is 0 Å². The summed E-state index contributed by atoms with van der Waals surface area (Å²) in [5.74, 6) is 0.801. The van der Waals surface area contributed by atoms with Crippen LogP contribution in [0.3, 0.4) is 0 Å². The van der Waals surface area contributed by atoms with Crippen molar-refractivity contribution in [3.8, 4) is 11.5 Å². The molecule has 0 saturated carbocycles. The summed E-state index contributed by atoms with van der Waals surface area (Å²) >= 11 is 0. The van der Waals surface area contributed by atoms with Gasteiger partial charge in [-0.2, -0.15) is 0 Å². The fraction of sp³-hybridized carbons (Fsp3) is 0.182. The molecule has 72 valence electrons. The maximum Gasteiger partial charge on any atom is 0.152 e. The van der Waals surface area contributed by atoms with Crippen molar-refractivity contribution in [1.82, 2.24) is 4.98 Å². The van der Waals surface area contributed by atoms with E-state index in [2.05, 4.69) is 4.98 Å². The summed E-state index contributed by atoms with van der Waals surface area (Å²) in [6.45, 7) is 0. The van der Waals surface area contributed by atoms with Gasteiger partial charge in [0.15, 0.2) is 5.76 Å². The first-order valence-electron chi connectivity index (χ1n) is 4.44. The lowest BCUT2D eigenvalue weighted by Gasteiger charge is -2.11. The summed E-state index contributed by atoms with van der Waals surface area (Å²) in [6, 6.07) is 7.73. The van der Waals surface area contributed by atoms with Crippen LogP contribution in [0.1, 0.15) is 0 Å². The molecule has 0 amide bonds. The zero-order valence-corrected chi connectivity index (χ0v) is 8.27. The van der Waals surface area contributed by atoms with Gasteiger partial charge in [0.25, 0.3) is 0 Å². The molecule has 2 aromatic heterocycles. The van der Waals surface area contributed by atoms with Crippen LogP contribution in [0.5, 0.6) is 0 Å². The summed E-state index contributed by atoms with van der Waals surface area (Å²) in [5, 5.41) is 0. The predicted octanol–water partition coefficient (Wildman–Crippen LogP) is 2.41. The molecule has 2 heterocycles. The zero-order chi connectivity index (χ0) is 9.97. The van der Waals surface area contributed by atoms with E-state index in [0.29, 0.717) is 0 Å². The zero-order valence-electron chi connectivity index (χ0n) is 8.27. The highest BCUT2D eigenvalue weighted by atomic mass is 16.3. The van der Waals surface area contributed by atoms with E-state index in [0.717, 1.165) is 17.1 Å². The lowest BCUT2D eigenvalue weighted by atomic mass is 10.3. The topological polar surface area (TPSA) is 29.3 Å². The molecule has 0 aliphatic heterocycles. The van der Waals surface area contributed by atoms with Crippen LogP contribution in [0.2, 0.25) is 0 Å². The molecule has 0 N–H and O–H groups in total. The summed E-state index contributed by atoms with van der Waals surface area (Å²) in [6.07, 6.45) is 3.48. The number of furan rings is 1. The van der Waals surface area contributed by atoms with Crippen LogP contribution < -0.4 is 4.90 Å². The highest BCUT2D eigenvalue weighted by molar-refractivity contribution is 5.55. The van der Waals surface area contributed by atoms with Gasteiger partial charge in [-0.15, -0.1) is 0 Å². The number of nitrogens with zero attached hydrogens (tertiary/aromatic N) is 2. The molecule has 0 unspecified atom stereocenters. The fourth-order valence-electron chi connectivity index (χ4n) is 1.22. The largest absolute Gasteiger partial charge is 0.463 e. The second-order valence-corrected chi connectivity index (χ2v) is 3.27. The van der Waals surface area contributed by atoms with Crippen LogP contribution >= 0.6 is 0 Å². The SMILES string of the molecule is CN(C)c1ccc(-c2ccco2)nc1. The van der Waals surface area contributed by atoms with Gasteiger partial charge in [-0.05, 0) is 24.3 Å². The first-order valence-corrected chi connectivity index (χ1v) is 4.44. The molecule has 2 rings (SSSR count). The molecule has 0 radical (unpaired) electrons. The van der Waals surface area contributed by atoms with Crippen molar-refractivity contribution in [3.63, 3.8) is 0 Å². The summed E-state index contributed by atoms with van der Waals surface area (Å²) in [4.78, 5) is 6.32. The Morgan fingerprint density at radius 2 is 2.07 bits per heavy atom. The Bertz CT molecular complexity index is 390. The number of pyridine rings is 1. The Morgan fingerprint density at radius 1 is 1.21 bits per heavy atom. The molecule has 3 heteroatoms. The molecule has 3 nitrogen and oxygen atoms in total. The minimum absolute atomic E-state index is 0.801. The molecule has 0 spiro atoms. The van der Waals surface area contributed by atoms with E-state index >= 15 is 0 Å². The van der Waals surface area contributed by atoms with Crippen molar-refractivity contribution in [2.24, 2.45) is 0 Å². The molecule has 0 aliphatic carbocycles. The number of hydrogen-bond acceptors (Lipinski definition) is 3. The average Bonchev–Trinajstić information content (AvgIpc) is 2.71. The third-order valence-electron chi connectivity index (χ3n) is 2.04. The van der Waals surface area contributed by atoms with Gasteiger partial charge in [0, 0.05) is 14.1 Å². The third kappa shape index (κ3) is 1.62. The average molecular weight is 188 g/mol. The Kier molecular flexibility index (Phi) is 2.23. The van der Waals surface area contributed by atoms with Crippen molar-refractivity contribution < 1.29 is 4.42 Å². The van der Waals surface area contributed by atoms with E-state index in [4.69, 9.17) is 4.42 Å². The molecule has 2 aromatic rings. The van der Waals surface area contributed by atoms with E-state index in [1.807, 2.05) is 49.5 Å². The first-order chi connectivity index (χ1) is 6.77. The molecule has 0 saturated heterocycles. The van der Waals surface area contributed by atoms with Crippen LogP contribution in [0.4, 0.5) is 5.69 Å². The van der Waals surface area contributed by atoms with Crippen molar-refractivity contribution in [1.29, 1.82) is 0 Å². The fourth-order valence-corrected chi connectivity index (χ4v) is 1.22. The van der Waals surface area contributed by atoms with Gasteiger partial charge >= 0.3 is 0 Å². The summed E-state index contributed by atoms with van der Waals surface area (Å²) in [5.41, 5.74) is 1.95. The molecule has 14 heavy (non-hydrogen) atoms. The highest BCUT2D eigenvalue weighted by Gasteiger charge is 2.02. The predicted molar refractivity (Wildman–Crippen MR) is 56.3 cm³/mol. The number of aromatic nitrogens is 1. The molecular formula is C11H12N2O. The van der Waals surface area contributed by atoms with Gasteiger partial charge < -0.3 is 9.32 Å². The normalized spacial score (nSPS) is 10.1. The van der Waals surface area contributed by atoms with Gasteiger partial charge in [0.1, 0.15) is 5.69 Å². The minimum atomic E-state index is 0.801. The number of hydrogen-bond donors (Lipinski definition) is 0. The molecule has 0 aliphatic rings. The van der Waals surface area contributed by atoms with Crippen molar-refractivity contribution in [2.45, 2.75) is 0 Å². The lowest BCUT2D eigenvalue weighted by Crippen LogP contribution is -2.08. The smallest absolute Gasteiger partial charge is 0.152 e. The van der Waals surface area contributed by atoms with E-state index < -0.39 is 0 Å². The molecular weight excluding hydrogens is 176 g/mol. The van der Waals surface area contributed by atoms with Crippen molar-refractivity contribution in [2.75, 3.05) is 19.0 Å². The van der Waals surface area contributed by atoms with Crippen LogP contribution in [0.25, 0.3) is 11.5 Å².